The second kappa shape index (κ2) is 11.1. The molecule has 0 bridgehead atoms. The molecular formula is C47H35N. The predicted molar refractivity (Wildman–Crippen MR) is 207 cm³/mol. The lowest BCUT2D eigenvalue weighted by atomic mass is 9.81. The molecule has 8 aromatic rings. The summed E-state index contributed by atoms with van der Waals surface area (Å²) >= 11 is 0. The van der Waals surface area contributed by atoms with Gasteiger partial charge in [0.25, 0.3) is 0 Å². The van der Waals surface area contributed by atoms with Crippen LogP contribution in [0.5, 0.6) is 0 Å². The van der Waals surface area contributed by atoms with Gasteiger partial charge < -0.3 is 4.90 Å². The first-order valence-corrected chi connectivity index (χ1v) is 16.8. The standard InChI is InChI=1S/C47H35N/c1-47(2)43-15-9-10-35-24-25-38-29-39(31-44(47)46(38)45(35)43)34-21-18-32(19-22-34)16-17-33-20-23-37-30-42(27-26-36(37)28-33)48(40-11-5-3-6-12-40)41-13-7-4-8-14-41/h3-31H,1-2H3/b17-16+. The Bertz CT molecular complexity index is 2470. The summed E-state index contributed by atoms with van der Waals surface area (Å²) in [4.78, 5) is 2.31. The molecule has 0 heterocycles. The van der Waals surface area contributed by atoms with E-state index in [0.717, 1.165) is 17.1 Å². The highest BCUT2D eigenvalue weighted by atomic mass is 15.1. The second-order valence-corrected chi connectivity index (χ2v) is 13.5. The van der Waals surface area contributed by atoms with Crippen LogP contribution in [0.15, 0.2) is 164 Å². The topological polar surface area (TPSA) is 3.24 Å². The lowest BCUT2D eigenvalue weighted by Crippen LogP contribution is -2.15. The van der Waals surface area contributed by atoms with E-state index < -0.39 is 0 Å². The van der Waals surface area contributed by atoms with Crippen molar-refractivity contribution in [1.82, 2.24) is 0 Å². The second-order valence-electron chi connectivity index (χ2n) is 13.5. The van der Waals surface area contributed by atoms with Gasteiger partial charge in [-0.1, -0.05) is 135 Å². The molecule has 0 atom stereocenters. The van der Waals surface area contributed by atoms with Crippen LogP contribution in [-0.4, -0.2) is 0 Å². The van der Waals surface area contributed by atoms with Crippen molar-refractivity contribution < 1.29 is 0 Å². The Morgan fingerprint density at radius 1 is 0.396 bits per heavy atom. The van der Waals surface area contributed by atoms with Crippen LogP contribution in [-0.2, 0) is 5.41 Å². The van der Waals surface area contributed by atoms with E-state index in [0.29, 0.717) is 0 Å². The van der Waals surface area contributed by atoms with Gasteiger partial charge in [-0.2, -0.15) is 0 Å². The van der Waals surface area contributed by atoms with Gasteiger partial charge in [-0.15, -0.1) is 0 Å². The van der Waals surface area contributed by atoms with Gasteiger partial charge in [-0.25, -0.2) is 0 Å². The van der Waals surface area contributed by atoms with Crippen molar-refractivity contribution in [2.75, 3.05) is 4.90 Å². The van der Waals surface area contributed by atoms with E-state index in [1.165, 1.54) is 65.7 Å². The zero-order valence-electron chi connectivity index (χ0n) is 27.2. The van der Waals surface area contributed by atoms with Gasteiger partial charge in [0.2, 0.25) is 0 Å². The average molecular weight is 614 g/mol. The summed E-state index contributed by atoms with van der Waals surface area (Å²) in [5.41, 5.74) is 11.2. The summed E-state index contributed by atoms with van der Waals surface area (Å²) in [6.45, 7) is 4.73. The molecule has 0 N–H and O–H groups in total. The fraction of sp³-hybridized carbons (Fsp3) is 0.0638. The third-order valence-electron chi connectivity index (χ3n) is 10.2. The van der Waals surface area contributed by atoms with Gasteiger partial charge in [-0.3, -0.25) is 0 Å². The van der Waals surface area contributed by atoms with E-state index in [-0.39, 0.29) is 5.41 Å². The van der Waals surface area contributed by atoms with Gasteiger partial charge in [0, 0.05) is 22.5 Å². The Hall–Kier alpha value is -5.92. The first-order valence-electron chi connectivity index (χ1n) is 16.8. The molecule has 48 heavy (non-hydrogen) atoms. The van der Waals surface area contributed by atoms with E-state index in [2.05, 4.69) is 195 Å². The van der Waals surface area contributed by atoms with Crippen LogP contribution in [0.25, 0.3) is 55.6 Å². The van der Waals surface area contributed by atoms with E-state index in [9.17, 15) is 0 Å². The fourth-order valence-electron chi connectivity index (χ4n) is 7.64. The number of para-hydroxylation sites is 2. The number of benzene rings is 8. The third kappa shape index (κ3) is 4.70. The summed E-state index contributed by atoms with van der Waals surface area (Å²) in [6, 6.07) is 59.6. The number of hydrogen-bond acceptors (Lipinski definition) is 1. The highest BCUT2D eigenvalue weighted by molar-refractivity contribution is 6.15. The van der Waals surface area contributed by atoms with Crippen LogP contribution in [0.3, 0.4) is 0 Å². The molecule has 0 fully saturated rings. The minimum Gasteiger partial charge on any atom is -0.310 e. The molecule has 0 amide bonds. The van der Waals surface area contributed by atoms with Gasteiger partial charge in [0.05, 0.1) is 0 Å². The van der Waals surface area contributed by atoms with Crippen molar-refractivity contribution in [2.24, 2.45) is 0 Å². The lowest BCUT2D eigenvalue weighted by Gasteiger charge is -2.25. The van der Waals surface area contributed by atoms with Crippen molar-refractivity contribution in [3.05, 3.63) is 186 Å². The normalized spacial score (nSPS) is 13.3. The number of nitrogens with zero attached hydrogens (tertiary/aromatic N) is 1. The zero-order valence-corrected chi connectivity index (χ0v) is 27.2. The molecule has 0 radical (unpaired) electrons. The Morgan fingerprint density at radius 3 is 1.75 bits per heavy atom. The smallest absolute Gasteiger partial charge is 0.0468 e. The number of fused-ring (bicyclic) bond motifs is 1. The average Bonchev–Trinajstić information content (AvgIpc) is 3.37. The first-order chi connectivity index (χ1) is 23.5. The quantitative estimate of drug-likeness (QED) is 0.133. The SMILES string of the molecule is CC1(C)c2cccc3ccc4cc(-c5ccc(/C=C/c6ccc7cc(N(c8ccccc8)c8ccccc8)ccc7c6)cc5)cc1c4c23. The summed E-state index contributed by atoms with van der Waals surface area (Å²) in [6.07, 6.45) is 4.42. The maximum Gasteiger partial charge on any atom is 0.0468 e. The highest BCUT2D eigenvalue weighted by Crippen LogP contribution is 2.50. The number of rotatable bonds is 6. The fourth-order valence-corrected chi connectivity index (χ4v) is 7.64. The molecule has 0 spiro atoms. The first kappa shape index (κ1) is 28.3. The highest BCUT2D eigenvalue weighted by Gasteiger charge is 2.34. The number of anilines is 3. The predicted octanol–water partition coefficient (Wildman–Crippen LogP) is 13.1. The monoisotopic (exact) mass is 613 g/mol. The van der Waals surface area contributed by atoms with Crippen LogP contribution in [0.2, 0.25) is 0 Å². The molecule has 1 aliphatic rings. The van der Waals surface area contributed by atoms with Crippen LogP contribution < -0.4 is 4.90 Å². The van der Waals surface area contributed by atoms with Gasteiger partial charge in [-0.05, 0) is 120 Å². The molecule has 1 aliphatic carbocycles. The van der Waals surface area contributed by atoms with Crippen LogP contribution >= 0.6 is 0 Å². The minimum absolute atomic E-state index is 0.00920. The van der Waals surface area contributed by atoms with Crippen LogP contribution in [0.4, 0.5) is 17.1 Å². The molecular weight excluding hydrogens is 579 g/mol. The summed E-state index contributed by atoms with van der Waals surface area (Å²) in [5, 5.41) is 7.96. The molecule has 1 nitrogen and oxygen atoms in total. The van der Waals surface area contributed by atoms with Crippen molar-refractivity contribution in [1.29, 1.82) is 0 Å². The Kier molecular flexibility index (Phi) is 6.55. The van der Waals surface area contributed by atoms with E-state index in [1.54, 1.807) is 0 Å². The number of hydrogen-bond donors (Lipinski definition) is 0. The Balaban J connectivity index is 0.984. The zero-order chi connectivity index (χ0) is 32.2. The molecule has 0 aliphatic heterocycles. The molecule has 228 valence electrons. The van der Waals surface area contributed by atoms with Crippen molar-refractivity contribution in [3.8, 4) is 11.1 Å². The summed E-state index contributed by atoms with van der Waals surface area (Å²) in [5.74, 6) is 0. The van der Waals surface area contributed by atoms with Crippen LogP contribution in [0, 0.1) is 0 Å². The Labute approximate surface area is 282 Å². The van der Waals surface area contributed by atoms with Crippen molar-refractivity contribution >= 4 is 61.5 Å². The molecule has 0 saturated carbocycles. The minimum atomic E-state index is -0.00920. The third-order valence-corrected chi connectivity index (χ3v) is 10.2. The van der Waals surface area contributed by atoms with Gasteiger partial charge in [0.1, 0.15) is 0 Å². The molecule has 0 aromatic heterocycles. The molecule has 1 heteroatoms. The lowest BCUT2D eigenvalue weighted by molar-refractivity contribution is 0.663. The largest absolute Gasteiger partial charge is 0.310 e. The van der Waals surface area contributed by atoms with Crippen LogP contribution in [0.1, 0.15) is 36.1 Å². The molecule has 9 rings (SSSR count). The summed E-state index contributed by atoms with van der Waals surface area (Å²) < 4.78 is 0. The van der Waals surface area contributed by atoms with E-state index >= 15 is 0 Å². The molecule has 0 unspecified atom stereocenters. The van der Waals surface area contributed by atoms with E-state index in [1.807, 2.05) is 0 Å². The molecule has 8 aromatic carbocycles. The van der Waals surface area contributed by atoms with Gasteiger partial charge in [0.15, 0.2) is 0 Å². The van der Waals surface area contributed by atoms with Crippen molar-refractivity contribution in [2.45, 2.75) is 19.3 Å². The van der Waals surface area contributed by atoms with E-state index in [4.69, 9.17) is 0 Å². The summed E-state index contributed by atoms with van der Waals surface area (Å²) in [7, 11) is 0. The molecule has 0 saturated heterocycles. The maximum atomic E-state index is 2.42. The Morgan fingerprint density at radius 2 is 1.00 bits per heavy atom. The van der Waals surface area contributed by atoms with Crippen molar-refractivity contribution in [3.63, 3.8) is 0 Å². The van der Waals surface area contributed by atoms with Gasteiger partial charge >= 0.3 is 0 Å². The maximum absolute atomic E-state index is 2.42.